The predicted octanol–water partition coefficient (Wildman–Crippen LogP) is 0.520. The van der Waals surface area contributed by atoms with Crippen molar-refractivity contribution in [1.29, 1.82) is 0 Å². The first-order chi connectivity index (χ1) is 2.91. The summed E-state index contributed by atoms with van der Waals surface area (Å²) in [6, 6.07) is 2.45. The highest BCUT2D eigenvalue weighted by Gasteiger charge is 1.47. The molecule has 0 bridgehead atoms. The van der Waals surface area contributed by atoms with E-state index in [1.807, 2.05) is 22.9 Å². The van der Waals surface area contributed by atoms with E-state index in [9.17, 15) is 0 Å². The molecule has 0 aliphatic rings. The molecule has 0 atom stereocenters. The molecule has 0 saturated heterocycles. The van der Waals surface area contributed by atoms with Crippen LogP contribution < -0.4 is 3.53 Å². The summed E-state index contributed by atoms with van der Waals surface area (Å²) < 4.78 is 2.54. The van der Waals surface area contributed by atoms with Gasteiger partial charge >= 0.3 is 0 Å². The van der Waals surface area contributed by atoms with Crippen LogP contribution in [0.15, 0.2) is 0 Å². The van der Waals surface area contributed by atoms with Gasteiger partial charge < -0.3 is 0 Å². The van der Waals surface area contributed by atoms with Crippen LogP contribution in [-0.2, 0) is 0 Å². The Bertz CT molecular complexity index is 112. The quantitative estimate of drug-likeness (QED) is 0.254. The van der Waals surface area contributed by atoms with E-state index in [0.29, 0.717) is 0 Å². The van der Waals surface area contributed by atoms with E-state index < -0.39 is 0 Å². The maximum absolute atomic E-state index is 4.75. The molecule has 0 spiro atoms. The zero-order valence-corrected chi connectivity index (χ0v) is 5.11. The van der Waals surface area contributed by atoms with Crippen molar-refractivity contribution in [3.63, 3.8) is 0 Å². The van der Waals surface area contributed by atoms with Gasteiger partial charge in [0.2, 0.25) is 0 Å². The first-order valence-corrected chi connectivity index (χ1v) is 2.31. The van der Waals surface area contributed by atoms with Crippen molar-refractivity contribution >= 4 is 22.9 Å². The maximum atomic E-state index is 4.75. The summed E-state index contributed by atoms with van der Waals surface area (Å²) in [4.78, 5) is 0. The van der Waals surface area contributed by atoms with Crippen molar-refractivity contribution in [1.82, 2.24) is 3.53 Å². The molecule has 0 unspecified atom stereocenters. The summed E-state index contributed by atoms with van der Waals surface area (Å²) in [5, 5.41) is 0. The van der Waals surface area contributed by atoms with Gasteiger partial charge in [-0.15, -0.1) is 6.42 Å². The van der Waals surface area contributed by atoms with Gasteiger partial charge in [0.15, 0.2) is 0 Å². The molecule has 0 saturated carbocycles. The van der Waals surface area contributed by atoms with Crippen LogP contribution in [0.25, 0.3) is 0 Å². The van der Waals surface area contributed by atoms with Crippen molar-refractivity contribution in [3.05, 3.63) is 0 Å². The summed E-state index contributed by atoms with van der Waals surface area (Å²) in [6.07, 6.45) is 4.75. The Labute approximate surface area is 51.0 Å². The summed E-state index contributed by atoms with van der Waals surface area (Å²) in [7, 11) is 0. The molecule has 0 aromatic heterocycles. The molecule has 0 radical (unpaired) electrons. The summed E-state index contributed by atoms with van der Waals surface area (Å²) in [5.74, 6) is 4.50. The molecule has 30 valence electrons. The van der Waals surface area contributed by atoms with Gasteiger partial charge in [-0.2, -0.15) is 0 Å². The Morgan fingerprint density at radius 3 is 2.50 bits per heavy atom. The molecule has 1 nitrogen and oxygen atoms in total. The molecule has 0 fully saturated rings. The molecule has 0 aromatic carbocycles. The van der Waals surface area contributed by atoms with E-state index in [1.165, 1.54) is 0 Å². The molecule has 0 aliphatic carbocycles. The fourth-order valence-electron chi connectivity index (χ4n) is 0.0597. The molecular weight excluding hydrogens is 189 g/mol. The second-order valence-electron chi connectivity index (χ2n) is 0.489. The average Bonchev–Trinajstić information content (AvgIpc) is 1.61. The zero-order valence-electron chi connectivity index (χ0n) is 2.96. The van der Waals surface area contributed by atoms with Crippen LogP contribution in [0, 0.1) is 24.3 Å². The van der Waals surface area contributed by atoms with Crippen LogP contribution in [-0.4, -0.2) is 0 Å². The standard InChI is InChI=1S/C4H2IN/c1-2-3-4-6-5/h1,6H. The number of hydrogen-bond acceptors (Lipinski definition) is 1. The summed E-state index contributed by atoms with van der Waals surface area (Å²) >= 11 is 1.89. The largest absolute Gasteiger partial charge is 0.287 e. The van der Waals surface area contributed by atoms with Crippen LogP contribution in [0.2, 0.25) is 0 Å². The molecular formula is C4H2IN. The van der Waals surface area contributed by atoms with Crippen molar-refractivity contribution in [2.24, 2.45) is 0 Å². The van der Waals surface area contributed by atoms with Crippen LogP contribution in [0.5, 0.6) is 0 Å². The molecule has 2 heteroatoms. The number of halogens is 1. The predicted molar refractivity (Wildman–Crippen MR) is 33.8 cm³/mol. The number of terminal acetylenes is 1. The van der Waals surface area contributed by atoms with Gasteiger partial charge in [0, 0.05) is 12.0 Å². The number of nitrogens with one attached hydrogen (secondary N) is 1. The highest BCUT2D eigenvalue weighted by molar-refractivity contribution is 14.1. The maximum Gasteiger partial charge on any atom is 0.0645 e. The van der Waals surface area contributed by atoms with Gasteiger partial charge in [-0.1, -0.05) is 0 Å². The highest BCUT2D eigenvalue weighted by Crippen LogP contribution is 1.58. The molecule has 0 rings (SSSR count). The second-order valence-corrected chi connectivity index (χ2v) is 1.03. The SMILES string of the molecule is C#CC#CNI. The van der Waals surface area contributed by atoms with E-state index in [-0.39, 0.29) is 0 Å². The molecule has 0 aromatic rings. The van der Waals surface area contributed by atoms with Crippen LogP contribution in [0.3, 0.4) is 0 Å². The third-order valence-corrected chi connectivity index (χ3v) is 0.452. The van der Waals surface area contributed by atoms with Gasteiger partial charge in [0.25, 0.3) is 0 Å². The Kier molecular flexibility index (Phi) is 4.38. The van der Waals surface area contributed by atoms with E-state index in [4.69, 9.17) is 6.42 Å². The van der Waals surface area contributed by atoms with E-state index in [1.54, 1.807) is 0 Å². The Balaban J connectivity index is 3.22. The van der Waals surface area contributed by atoms with Crippen molar-refractivity contribution < 1.29 is 0 Å². The van der Waals surface area contributed by atoms with Gasteiger partial charge in [-0.25, -0.2) is 0 Å². The van der Waals surface area contributed by atoms with Crippen LogP contribution in [0.1, 0.15) is 0 Å². The third kappa shape index (κ3) is 3.65. The Morgan fingerprint density at radius 1 is 1.67 bits per heavy atom. The molecule has 6 heavy (non-hydrogen) atoms. The Morgan fingerprint density at radius 2 is 2.33 bits per heavy atom. The minimum absolute atomic E-state index is 1.89. The lowest BCUT2D eigenvalue weighted by molar-refractivity contribution is 1.61. The molecule has 0 heterocycles. The van der Waals surface area contributed by atoms with Gasteiger partial charge in [-0.3, -0.25) is 3.53 Å². The summed E-state index contributed by atoms with van der Waals surface area (Å²) in [6.45, 7) is 0. The lowest BCUT2D eigenvalue weighted by atomic mass is 10.7. The van der Waals surface area contributed by atoms with Crippen LogP contribution in [0.4, 0.5) is 0 Å². The minimum atomic E-state index is 1.89. The van der Waals surface area contributed by atoms with Gasteiger partial charge in [-0.05, 0) is 5.92 Å². The fourth-order valence-corrected chi connectivity index (χ4v) is 0.195. The third-order valence-electron chi connectivity index (χ3n) is 0.182. The first-order valence-electron chi connectivity index (χ1n) is 1.23. The zero-order chi connectivity index (χ0) is 4.83. The van der Waals surface area contributed by atoms with Gasteiger partial charge in [0.1, 0.15) is 0 Å². The summed E-state index contributed by atoms with van der Waals surface area (Å²) in [5.41, 5.74) is 0. The van der Waals surface area contributed by atoms with Crippen molar-refractivity contribution in [2.45, 2.75) is 0 Å². The van der Waals surface area contributed by atoms with E-state index in [0.717, 1.165) is 0 Å². The van der Waals surface area contributed by atoms with Crippen LogP contribution >= 0.6 is 22.9 Å². The van der Waals surface area contributed by atoms with E-state index >= 15 is 0 Å². The van der Waals surface area contributed by atoms with Gasteiger partial charge in [0.05, 0.1) is 22.9 Å². The van der Waals surface area contributed by atoms with Crippen molar-refractivity contribution in [2.75, 3.05) is 0 Å². The number of rotatable bonds is 0. The topological polar surface area (TPSA) is 12.0 Å². The second kappa shape index (κ2) is 4.65. The average molecular weight is 191 g/mol. The fraction of sp³-hybridized carbons (Fsp3) is 0. The monoisotopic (exact) mass is 191 g/mol. The minimum Gasteiger partial charge on any atom is -0.287 e. The molecule has 0 amide bonds. The first kappa shape index (κ1) is 5.65. The highest BCUT2D eigenvalue weighted by atomic mass is 127. The lowest BCUT2D eigenvalue weighted by Crippen LogP contribution is -1.76. The van der Waals surface area contributed by atoms with Crippen molar-refractivity contribution in [3.8, 4) is 24.3 Å². The molecule has 0 aliphatic heterocycles. The smallest absolute Gasteiger partial charge is 0.0645 e. The normalized spacial score (nSPS) is 4.00. The lowest BCUT2D eigenvalue weighted by Gasteiger charge is -1.64. The van der Waals surface area contributed by atoms with E-state index in [2.05, 4.69) is 21.4 Å². The Hall–Kier alpha value is -0.350. The molecule has 1 N–H and O–H groups in total. The number of hydrogen-bond donors (Lipinski definition) is 1.